The Morgan fingerprint density at radius 2 is 1.74 bits per heavy atom. The van der Waals surface area contributed by atoms with Gasteiger partial charge in [-0.1, -0.05) is 39.3 Å². The maximum absolute atomic E-state index is 13.3. The van der Waals surface area contributed by atoms with Crippen LogP contribution < -0.4 is 15.0 Å². The molecule has 2 saturated carbocycles. The molecule has 5 rings (SSSR count). The van der Waals surface area contributed by atoms with Crippen LogP contribution in [0.1, 0.15) is 77.2 Å². The summed E-state index contributed by atoms with van der Waals surface area (Å²) in [6.07, 6.45) is 3.43. The molecule has 0 spiro atoms. The highest BCUT2D eigenvalue weighted by Gasteiger charge is 2.64. The number of nitrogens with one attached hydrogen (secondary N) is 1. The van der Waals surface area contributed by atoms with Gasteiger partial charge in [0.2, 0.25) is 0 Å². The zero-order chi connectivity index (χ0) is 33.4. The van der Waals surface area contributed by atoms with Gasteiger partial charge in [-0.05, 0) is 57.9 Å². The van der Waals surface area contributed by atoms with E-state index in [4.69, 9.17) is 31.1 Å². The zero-order valence-electron chi connectivity index (χ0n) is 27.9. The second-order valence-electron chi connectivity index (χ2n) is 14.9. The Kier molecular flexibility index (Phi) is 9.61. The monoisotopic (exact) mass is 651 g/mol. The van der Waals surface area contributed by atoms with Crippen molar-refractivity contribution >= 4 is 29.3 Å². The fourth-order valence-electron chi connectivity index (χ4n) is 7.36. The van der Waals surface area contributed by atoms with Gasteiger partial charge in [0.1, 0.15) is 35.9 Å². The molecule has 1 aliphatic heterocycles. The van der Waals surface area contributed by atoms with Crippen molar-refractivity contribution in [3.05, 3.63) is 52.7 Å². The highest BCUT2D eigenvalue weighted by atomic mass is 35.5. The highest BCUT2D eigenvalue weighted by Crippen LogP contribution is 2.55. The number of esters is 1. The first-order valence-corrected chi connectivity index (χ1v) is 16.4. The number of halogens is 1. The normalized spacial score (nSPS) is 25.4. The van der Waals surface area contributed by atoms with E-state index in [9.17, 15) is 9.59 Å². The van der Waals surface area contributed by atoms with E-state index in [0.29, 0.717) is 27.9 Å². The minimum absolute atomic E-state index is 0.00282. The first-order valence-electron chi connectivity index (χ1n) is 16.0. The molecule has 248 valence electrons. The predicted octanol–water partition coefficient (Wildman–Crippen LogP) is 5.23. The number of piperazine rings is 1. The fraction of sp³-hybridized carbons (Fsp3) is 0.600. The maximum Gasteiger partial charge on any atom is 0.332 e. The van der Waals surface area contributed by atoms with Crippen LogP contribution in [0.15, 0.2) is 36.5 Å². The fourth-order valence-corrected chi connectivity index (χ4v) is 7.58. The standard InChI is InChI=1S/C35H46ClN5O5/c1-33(2,3)46-29(42)21-44-26-16-24(17-26)40-12-14-41(15-13-40)28-11-9-23(20-38-28)30(43)39-31-34(4,5)32(35(31,6)7)45-25-10-8-22(19-37)27(36)18-25/h8-11,18,20,24,26,31-32H,12-17,21H2,1-7H3,(H,39,43)/t24?,26?,31-,32-. The number of anilines is 1. The Morgan fingerprint density at radius 1 is 1.07 bits per heavy atom. The summed E-state index contributed by atoms with van der Waals surface area (Å²) in [4.78, 5) is 34.6. The quantitative estimate of drug-likeness (QED) is 0.364. The van der Waals surface area contributed by atoms with E-state index in [0.717, 1.165) is 44.8 Å². The molecule has 1 aromatic heterocycles. The molecule has 1 saturated heterocycles. The minimum Gasteiger partial charge on any atom is -0.489 e. The summed E-state index contributed by atoms with van der Waals surface area (Å²) in [5.74, 6) is 0.981. The first-order chi connectivity index (χ1) is 21.6. The first kappa shape index (κ1) is 34.0. The average molecular weight is 652 g/mol. The Bertz CT molecular complexity index is 1450. The van der Waals surface area contributed by atoms with Crippen LogP contribution in [0.3, 0.4) is 0 Å². The van der Waals surface area contributed by atoms with Crippen molar-refractivity contribution < 1.29 is 23.8 Å². The van der Waals surface area contributed by atoms with Crippen LogP contribution in [-0.2, 0) is 14.3 Å². The SMILES string of the molecule is CC(C)(C)OC(=O)COC1CC(N2CCN(c3ccc(C(=O)N[C@H]4C(C)(C)[C@H](Oc5ccc(C#N)c(Cl)c5)C4(C)C)cn3)CC2)C1. The van der Waals surface area contributed by atoms with E-state index in [1.165, 1.54) is 0 Å². The van der Waals surface area contributed by atoms with Crippen molar-refractivity contribution in [2.24, 2.45) is 10.8 Å². The number of benzene rings is 1. The molecule has 0 unspecified atom stereocenters. The molecule has 2 heterocycles. The molecule has 2 aromatic rings. The van der Waals surface area contributed by atoms with Gasteiger partial charge >= 0.3 is 5.97 Å². The number of ether oxygens (including phenoxy) is 3. The van der Waals surface area contributed by atoms with Gasteiger partial charge in [-0.25, -0.2) is 9.78 Å². The molecular formula is C35H46ClN5O5. The number of rotatable bonds is 9. The lowest BCUT2D eigenvalue weighted by Crippen LogP contribution is -2.74. The minimum atomic E-state index is -0.500. The molecule has 0 radical (unpaired) electrons. The lowest BCUT2D eigenvalue weighted by molar-refractivity contribution is -0.165. The number of hydrogen-bond donors (Lipinski definition) is 1. The van der Waals surface area contributed by atoms with Crippen LogP contribution in [0, 0.1) is 22.2 Å². The van der Waals surface area contributed by atoms with Crippen LogP contribution in [0.2, 0.25) is 5.02 Å². The Balaban J connectivity index is 1.07. The van der Waals surface area contributed by atoms with Crippen molar-refractivity contribution in [2.45, 2.75) is 91.2 Å². The molecule has 46 heavy (non-hydrogen) atoms. The highest BCUT2D eigenvalue weighted by molar-refractivity contribution is 6.31. The van der Waals surface area contributed by atoms with E-state index in [1.54, 1.807) is 24.4 Å². The Labute approximate surface area is 277 Å². The second-order valence-corrected chi connectivity index (χ2v) is 15.3. The summed E-state index contributed by atoms with van der Waals surface area (Å²) < 4.78 is 17.4. The molecule has 2 aliphatic carbocycles. The van der Waals surface area contributed by atoms with E-state index < -0.39 is 5.60 Å². The van der Waals surface area contributed by atoms with Crippen molar-refractivity contribution in [2.75, 3.05) is 37.7 Å². The molecule has 1 aromatic carbocycles. The van der Waals surface area contributed by atoms with E-state index in [2.05, 4.69) is 53.9 Å². The molecule has 1 N–H and O–H groups in total. The van der Waals surface area contributed by atoms with E-state index in [1.807, 2.05) is 32.9 Å². The topological polar surface area (TPSA) is 117 Å². The number of nitrogens with zero attached hydrogens (tertiary/aromatic N) is 4. The Hall–Kier alpha value is -3.39. The number of nitriles is 1. The van der Waals surface area contributed by atoms with E-state index >= 15 is 0 Å². The van der Waals surface area contributed by atoms with Crippen molar-refractivity contribution in [3.63, 3.8) is 0 Å². The van der Waals surface area contributed by atoms with Gasteiger partial charge in [-0.2, -0.15) is 5.26 Å². The van der Waals surface area contributed by atoms with Gasteiger partial charge in [0.15, 0.2) is 0 Å². The molecule has 3 aliphatic rings. The van der Waals surface area contributed by atoms with Gasteiger partial charge in [0, 0.05) is 61.4 Å². The van der Waals surface area contributed by atoms with Gasteiger partial charge < -0.3 is 24.4 Å². The summed E-state index contributed by atoms with van der Waals surface area (Å²) in [7, 11) is 0. The van der Waals surface area contributed by atoms with Crippen LogP contribution >= 0.6 is 11.6 Å². The van der Waals surface area contributed by atoms with Gasteiger partial charge in [0.25, 0.3) is 5.91 Å². The average Bonchev–Trinajstić information content (AvgIpc) is 2.97. The molecule has 11 heteroatoms. The molecule has 0 atom stereocenters. The molecule has 3 fully saturated rings. The predicted molar refractivity (Wildman–Crippen MR) is 176 cm³/mol. The lowest BCUT2D eigenvalue weighted by atomic mass is 9.49. The largest absolute Gasteiger partial charge is 0.489 e. The summed E-state index contributed by atoms with van der Waals surface area (Å²) in [5, 5.41) is 12.8. The van der Waals surface area contributed by atoms with Gasteiger partial charge in [-0.15, -0.1) is 0 Å². The number of pyridine rings is 1. The zero-order valence-corrected chi connectivity index (χ0v) is 28.7. The molecule has 0 bridgehead atoms. The van der Waals surface area contributed by atoms with Crippen LogP contribution in [0.5, 0.6) is 5.75 Å². The second kappa shape index (κ2) is 13.0. The van der Waals surface area contributed by atoms with Crippen LogP contribution in [-0.4, -0.2) is 84.4 Å². The third-order valence-electron chi connectivity index (χ3n) is 9.52. The smallest absolute Gasteiger partial charge is 0.332 e. The molecular weight excluding hydrogens is 606 g/mol. The van der Waals surface area contributed by atoms with Crippen molar-refractivity contribution in [1.29, 1.82) is 5.26 Å². The number of aromatic nitrogens is 1. The van der Waals surface area contributed by atoms with Gasteiger partial charge in [-0.3, -0.25) is 9.69 Å². The van der Waals surface area contributed by atoms with Crippen LogP contribution in [0.25, 0.3) is 0 Å². The van der Waals surface area contributed by atoms with E-state index in [-0.39, 0.29) is 47.6 Å². The number of carbonyl (C=O) groups is 2. The number of carbonyl (C=O) groups excluding carboxylic acids is 2. The third-order valence-corrected chi connectivity index (χ3v) is 9.83. The third kappa shape index (κ3) is 7.27. The Morgan fingerprint density at radius 3 is 2.30 bits per heavy atom. The number of hydrogen-bond acceptors (Lipinski definition) is 9. The summed E-state index contributed by atoms with van der Waals surface area (Å²) >= 11 is 6.22. The molecule has 10 nitrogen and oxygen atoms in total. The van der Waals surface area contributed by atoms with Gasteiger partial charge in [0.05, 0.1) is 22.3 Å². The summed E-state index contributed by atoms with van der Waals surface area (Å²) in [5.41, 5.74) is -0.279. The van der Waals surface area contributed by atoms with Crippen molar-refractivity contribution in [3.8, 4) is 11.8 Å². The number of amides is 1. The van der Waals surface area contributed by atoms with Crippen LogP contribution in [0.4, 0.5) is 5.82 Å². The summed E-state index contributed by atoms with van der Waals surface area (Å²) in [6, 6.07) is 11.2. The van der Waals surface area contributed by atoms with Crippen molar-refractivity contribution in [1.82, 2.24) is 15.2 Å². The summed E-state index contributed by atoms with van der Waals surface area (Å²) in [6.45, 7) is 17.5. The molecule has 1 amide bonds. The maximum atomic E-state index is 13.3. The lowest BCUT2D eigenvalue weighted by Gasteiger charge is -2.63.